The Hall–Kier alpha value is -0.780. The molecular formula is C25H48. The highest BCUT2D eigenvalue weighted by Gasteiger charge is 2.30. The summed E-state index contributed by atoms with van der Waals surface area (Å²) in [6, 6.07) is 9.64. The Morgan fingerprint density at radius 1 is 0.720 bits per heavy atom. The van der Waals surface area contributed by atoms with E-state index in [1.54, 1.807) is 5.56 Å². The van der Waals surface area contributed by atoms with E-state index < -0.39 is 0 Å². The minimum atomic E-state index is 0. The van der Waals surface area contributed by atoms with Gasteiger partial charge in [-0.05, 0) is 53.1 Å². The normalized spacial score (nSPS) is 13.2. The minimum absolute atomic E-state index is 0. The Bertz CT molecular complexity index is 432. The predicted molar refractivity (Wildman–Crippen MR) is 119 cm³/mol. The highest BCUT2D eigenvalue weighted by Crippen LogP contribution is 2.43. The van der Waals surface area contributed by atoms with E-state index in [1.807, 2.05) is 0 Å². The van der Waals surface area contributed by atoms with Crippen molar-refractivity contribution < 1.29 is 0 Å². The molecular weight excluding hydrogens is 300 g/mol. The molecule has 1 aromatic carbocycles. The summed E-state index contributed by atoms with van der Waals surface area (Å²) in [6.07, 6.45) is 6.43. The van der Waals surface area contributed by atoms with Gasteiger partial charge in [0.25, 0.3) is 0 Å². The molecule has 0 saturated heterocycles. The summed E-state index contributed by atoms with van der Waals surface area (Å²) in [7, 11) is 0. The lowest BCUT2D eigenvalue weighted by Gasteiger charge is -2.36. The Kier molecular flexibility index (Phi) is 11.7. The molecule has 1 atom stereocenters. The second-order valence-electron chi connectivity index (χ2n) is 9.62. The van der Waals surface area contributed by atoms with E-state index in [0.717, 1.165) is 5.92 Å². The van der Waals surface area contributed by atoms with Crippen molar-refractivity contribution >= 4 is 0 Å². The summed E-state index contributed by atoms with van der Waals surface area (Å²) >= 11 is 0. The molecule has 148 valence electrons. The van der Waals surface area contributed by atoms with Crippen LogP contribution in [0.25, 0.3) is 0 Å². The number of hydrogen-bond acceptors (Lipinski definition) is 0. The topological polar surface area (TPSA) is 0 Å². The smallest absolute Gasteiger partial charge is 0.0108 e. The average Bonchev–Trinajstić information content (AvgIpc) is 2.43. The maximum absolute atomic E-state index is 2.41. The van der Waals surface area contributed by atoms with Gasteiger partial charge in [-0.2, -0.15) is 0 Å². The summed E-state index contributed by atoms with van der Waals surface area (Å²) in [6.45, 7) is 18.8. The second-order valence-corrected chi connectivity index (χ2v) is 9.62. The van der Waals surface area contributed by atoms with Crippen molar-refractivity contribution in [2.24, 2.45) is 10.8 Å². The summed E-state index contributed by atoms with van der Waals surface area (Å²) in [5, 5.41) is 0. The molecule has 0 aliphatic heterocycles. The van der Waals surface area contributed by atoms with Gasteiger partial charge in [0.2, 0.25) is 0 Å². The van der Waals surface area contributed by atoms with Crippen molar-refractivity contribution in [2.45, 2.75) is 114 Å². The first-order chi connectivity index (χ1) is 10.6. The van der Waals surface area contributed by atoms with Crippen molar-refractivity contribution in [3.63, 3.8) is 0 Å². The predicted octanol–water partition coefficient (Wildman–Crippen LogP) is 9.21. The van der Waals surface area contributed by atoms with Gasteiger partial charge in [-0.25, -0.2) is 0 Å². The van der Waals surface area contributed by atoms with Crippen LogP contribution in [0.1, 0.15) is 125 Å². The van der Waals surface area contributed by atoms with Gasteiger partial charge in [-0.3, -0.25) is 0 Å². The molecule has 0 heterocycles. The van der Waals surface area contributed by atoms with E-state index in [1.165, 1.54) is 37.7 Å². The molecule has 0 aromatic heterocycles. The van der Waals surface area contributed by atoms with Crippen LogP contribution in [0, 0.1) is 10.8 Å². The van der Waals surface area contributed by atoms with Crippen LogP contribution in [0.15, 0.2) is 24.3 Å². The van der Waals surface area contributed by atoms with Gasteiger partial charge >= 0.3 is 0 Å². The largest absolute Gasteiger partial charge is 0.0776 e. The minimum Gasteiger partial charge on any atom is -0.0776 e. The Morgan fingerprint density at radius 2 is 1.12 bits per heavy atom. The van der Waals surface area contributed by atoms with Crippen molar-refractivity contribution in [1.29, 1.82) is 0 Å². The lowest BCUT2D eigenvalue weighted by Crippen LogP contribution is -2.23. The molecule has 0 bridgehead atoms. The van der Waals surface area contributed by atoms with Crippen molar-refractivity contribution in [3.05, 3.63) is 35.4 Å². The van der Waals surface area contributed by atoms with E-state index in [4.69, 9.17) is 0 Å². The fourth-order valence-electron chi connectivity index (χ4n) is 3.71. The molecule has 0 nitrogen and oxygen atoms in total. The summed E-state index contributed by atoms with van der Waals surface area (Å²) in [4.78, 5) is 0. The Morgan fingerprint density at radius 3 is 1.44 bits per heavy atom. The molecule has 1 rings (SSSR count). The molecule has 0 radical (unpaired) electrons. The average molecular weight is 349 g/mol. The molecule has 1 unspecified atom stereocenters. The van der Waals surface area contributed by atoms with Gasteiger partial charge in [-0.1, -0.05) is 107 Å². The van der Waals surface area contributed by atoms with Crippen molar-refractivity contribution in [1.82, 2.24) is 0 Å². The molecule has 0 aliphatic rings. The quantitative estimate of drug-likeness (QED) is 0.460. The number of rotatable bonds is 7. The third-order valence-corrected chi connectivity index (χ3v) is 4.95. The molecule has 1 aromatic rings. The monoisotopic (exact) mass is 348 g/mol. The lowest BCUT2D eigenvalue weighted by atomic mass is 9.69. The van der Waals surface area contributed by atoms with E-state index in [-0.39, 0.29) is 14.9 Å². The molecule has 0 amide bonds. The van der Waals surface area contributed by atoms with Crippen LogP contribution in [-0.4, -0.2) is 0 Å². The molecule has 0 heteroatoms. The highest BCUT2D eigenvalue weighted by atomic mass is 14.3. The summed E-state index contributed by atoms with van der Waals surface area (Å²) in [5.41, 5.74) is 3.73. The zero-order valence-electron chi connectivity index (χ0n) is 17.0. The van der Waals surface area contributed by atoms with Crippen LogP contribution in [-0.2, 0) is 0 Å². The Balaban J connectivity index is 0. The zero-order chi connectivity index (χ0) is 17.7. The first kappa shape index (κ1) is 26.4. The molecule has 0 N–H and O–H groups in total. The highest BCUT2D eigenvalue weighted by molar-refractivity contribution is 5.29. The maximum atomic E-state index is 2.41. The van der Waals surface area contributed by atoms with Crippen LogP contribution >= 0.6 is 0 Å². The Labute approximate surface area is 160 Å². The first-order valence-electron chi connectivity index (χ1n) is 9.68. The van der Waals surface area contributed by atoms with Crippen LogP contribution in [0.3, 0.4) is 0 Å². The van der Waals surface area contributed by atoms with E-state index in [9.17, 15) is 0 Å². The molecule has 0 aliphatic carbocycles. The standard InChI is InChI=1S/C23H40.2CH4/c1-9-11-18(12-10-2)19-13-15-20(16-14-19)21(23(6,7)8)17-22(3,4)5;;/h13-16,18,21H,9-12,17H2,1-8H3;2*1H4. The third kappa shape index (κ3) is 8.93. The van der Waals surface area contributed by atoms with E-state index in [0.29, 0.717) is 16.7 Å². The van der Waals surface area contributed by atoms with Gasteiger partial charge in [0, 0.05) is 0 Å². The first-order valence-corrected chi connectivity index (χ1v) is 9.68. The van der Waals surface area contributed by atoms with Gasteiger partial charge in [0.1, 0.15) is 0 Å². The van der Waals surface area contributed by atoms with Gasteiger partial charge in [0.15, 0.2) is 0 Å². The van der Waals surface area contributed by atoms with E-state index in [2.05, 4.69) is 79.7 Å². The molecule has 0 fully saturated rings. The molecule has 0 saturated carbocycles. The zero-order valence-corrected chi connectivity index (χ0v) is 17.0. The summed E-state index contributed by atoms with van der Waals surface area (Å²) in [5.74, 6) is 1.36. The fraction of sp³-hybridized carbons (Fsp3) is 0.760. The lowest BCUT2D eigenvalue weighted by molar-refractivity contribution is 0.229. The molecule has 25 heavy (non-hydrogen) atoms. The van der Waals surface area contributed by atoms with Crippen LogP contribution in [0.5, 0.6) is 0 Å². The van der Waals surface area contributed by atoms with Gasteiger partial charge in [-0.15, -0.1) is 0 Å². The maximum Gasteiger partial charge on any atom is -0.0108 e. The number of hydrogen-bond donors (Lipinski definition) is 0. The fourth-order valence-corrected chi connectivity index (χ4v) is 3.71. The van der Waals surface area contributed by atoms with Gasteiger partial charge in [0.05, 0.1) is 0 Å². The second kappa shape index (κ2) is 11.0. The van der Waals surface area contributed by atoms with Crippen molar-refractivity contribution in [3.8, 4) is 0 Å². The summed E-state index contributed by atoms with van der Waals surface area (Å²) < 4.78 is 0. The van der Waals surface area contributed by atoms with Gasteiger partial charge < -0.3 is 0 Å². The van der Waals surface area contributed by atoms with Crippen LogP contribution < -0.4 is 0 Å². The van der Waals surface area contributed by atoms with Crippen molar-refractivity contribution in [2.75, 3.05) is 0 Å². The third-order valence-electron chi connectivity index (χ3n) is 4.95. The molecule has 0 spiro atoms. The number of benzene rings is 1. The van der Waals surface area contributed by atoms with E-state index >= 15 is 0 Å². The van der Waals surface area contributed by atoms with Crippen LogP contribution in [0.4, 0.5) is 0 Å². The van der Waals surface area contributed by atoms with Crippen LogP contribution in [0.2, 0.25) is 0 Å². The SMILES string of the molecule is C.C.CCCC(CCC)c1ccc(C(CC(C)(C)C)C(C)(C)C)cc1.